The summed E-state index contributed by atoms with van der Waals surface area (Å²) in [5, 5.41) is 9.12. The molecule has 1 N–H and O–H groups in total. The third kappa shape index (κ3) is 2.44. The highest BCUT2D eigenvalue weighted by Gasteiger charge is 2.18. The zero-order valence-electron chi connectivity index (χ0n) is 12.7. The molecule has 0 atom stereocenters. The Bertz CT molecular complexity index is 812. The second-order valence-electron chi connectivity index (χ2n) is 5.44. The predicted octanol–water partition coefficient (Wildman–Crippen LogP) is 3.70. The Morgan fingerprint density at radius 3 is 2.59 bits per heavy atom. The van der Waals surface area contributed by atoms with Gasteiger partial charge >= 0.3 is 5.97 Å². The van der Waals surface area contributed by atoms with Crippen LogP contribution in [0, 0.1) is 18.9 Å². The number of carboxylic acid groups (broad SMARTS) is 1. The van der Waals surface area contributed by atoms with Gasteiger partial charge in [0.2, 0.25) is 0 Å². The first kappa shape index (κ1) is 14.2. The molecule has 0 fully saturated rings. The molecule has 0 saturated heterocycles. The van der Waals surface area contributed by atoms with E-state index in [0.717, 1.165) is 29.7 Å². The van der Waals surface area contributed by atoms with Gasteiger partial charge in [-0.05, 0) is 60.7 Å². The summed E-state index contributed by atoms with van der Waals surface area (Å²) >= 11 is 0. The molecule has 2 aromatic rings. The molecule has 0 bridgehead atoms. The van der Waals surface area contributed by atoms with Crippen molar-refractivity contribution in [3.63, 3.8) is 0 Å². The standard InChI is InChI=1S/C19H17NO2/c1-3-9-20-10-8-16-12-15(5-7-18(16)20)14-4-6-17(19(21)22)13(2)11-14/h4-7,11-12H,8,10H2,1-2H3,(H,21,22). The molecule has 2 aromatic carbocycles. The number of aromatic carboxylic acids is 1. The number of carboxylic acids is 1. The molecule has 1 aliphatic rings. The molecule has 3 rings (SSSR count). The molecule has 22 heavy (non-hydrogen) atoms. The molecule has 0 radical (unpaired) electrons. The number of benzene rings is 2. The summed E-state index contributed by atoms with van der Waals surface area (Å²) < 4.78 is 0. The molecule has 110 valence electrons. The van der Waals surface area contributed by atoms with E-state index in [4.69, 9.17) is 5.11 Å². The van der Waals surface area contributed by atoms with Crippen LogP contribution in [0.1, 0.15) is 28.4 Å². The number of rotatable bonds is 2. The van der Waals surface area contributed by atoms with Crippen molar-refractivity contribution in [3.8, 4) is 23.1 Å². The molecule has 0 amide bonds. The summed E-state index contributed by atoms with van der Waals surface area (Å²) in [6.45, 7) is 4.61. The van der Waals surface area contributed by atoms with Crippen LogP contribution in [-0.2, 0) is 6.42 Å². The summed E-state index contributed by atoms with van der Waals surface area (Å²) in [6.07, 6.45) is 0.990. The Morgan fingerprint density at radius 2 is 1.91 bits per heavy atom. The molecular formula is C19H17NO2. The van der Waals surface area contributed by atoms with E-state index >= 15 is 0 Å². The molecule has 1 aliphatic heterocycles. The van der Waals surface area contributed by atoms with Gasteiger partial charge in [-0.3, -0.25) is 0 Å². The maximum atomic E-state index is 11.1. The SMILES string of the molecule is CC#CN1CCc2cc(-c3ccc(C(=O)O)c(C)c3)ccc21. The van der Waals surface area contributed by atoms with Crippen LogP contribution in [0.2, 0.25) is 0 Å². The van der Waals surface area contributed by atoms with Crippen LogP contribution in [0.25, 0.3) is 11.1 Å². The van der Waals surface area contributed by atoms with Crippen LogP contribution in [0.3, 0.4) is 0 Å². The molecule has 0 aromatic heterocycles. The number of aryl methyl sites for hydroxylation is 1. The van der Waals surface area contributed by atoms with Gasteiger partial charge in [-0.2, -0.15) is 0 Å². The van der Waals surface area contributed by atoms with E-state index in [-0.39, 0.29) is 0 Å². The van der Waals surface area contributed by atoms with Crippen molar-refractivity contribution in [3.05, 3.63) is 53.1 Å². The minimum atomic E-state index is -0.883. The van der Waals surface area contributed by atoms with Crippen LogP contribution in [0.4, 0.5) is 5.69 Å². The lowest BCUT2D eigenvalue weighted by atomic mass is 9.98. The van der Waals surface area contributed by atoms with Crippen LogP contribution >= 0.6 is 0 Å². The zero-order valence-corrected chi connectivity index (χ0v) is 12.7. The summed E-state index contributed by atoms with van der Waals surface area (Å²) in [7, 11) is 0. The van der Waals surface area contributed by atoms with E-state index in [9.17, 15) is 4.79 Å². The van der Waals surface area contributed by atoms with Gasteiger partial charge in [-0.1, -0.05) is 24.1 Å². The van der Waals surface area contributed by atoms with Crippen LogP contribution in [-0.4, -0.2) is 17.6 Å². The van der Waals surface area contributed by atoms with Gasteiger partial charge in [-0.15, -0.1) is 0 Å². The lowest BCUT2D eigenvalue weighted by Crippen LogP contribution is -2.12. The first-order valence-electron chi connectivity index (χ1n) is 7.27. The van der Waals surface area contributed by atoms with Crippen molar-refractivity contribution in [2.45, 2.75) is 20.3 Å². The Kier molecular flexibility index (Phi) is 3.60. The number of fused-ring (bicyclic) bond motifs is 1. The van der Waals surface area contributed by atoms with Crippen molar-refractivity contribution in [2.24, 2.45) is 0 Å². The Morgan fingerprint density at radius 1 is 1.18 bits per heavy atom. The third-order valence-electron chi connectivity index (χ3n) is 4.01. The van der Waals surface area contributed by atoms with E-state index in [1.54, 1.807) is 6.07 Å². The van der Waals surface area contributed by atoms with Crippen molar-refractivity contribution < 1.29 is 9.90 Å². The highest BCUT2D eigenvalue weighted by Crippen LogP contribution is 2.32. The summed E-state index contributed by atoms with van der Waals surface area (Å²) in [6, 6.07) is 14.9. The lowest BCUT2D eigenvalue weighted by Gasteiger charge is -2.12. The van der Waals surface area contributed by atoms with Crippen LogP contribution in [0.15, 0.2) is 36.4 Å². The molecule has 0 unspecified atom stereocenters. The number of carbonyl (C=O) groups is 1. The molecule has 3 nitrogen and oxygen atoms in total. The second-order valence-corrected chi connectivity index (χ2v) is 5.44. The monoisotopic (exact) mass is 291 g/mol. The van der Waals surface area contributed by atoms with Gasteiger partial charge < -0.3 is 10.0 Å². The average molecular weight is 291 g/mol. The number of hydrogen-bond donors (Lipinski definition) is 1. The first-order chi connectivity index (χ1) is 10.6. The Hall–Kier alpha value is -2.73. The van der Waals surface area contributed by atoms with Crippen molar-refractivity contribution in [2.75, 3.05) is 11.4 Å². The van der Waals surface area contributed by atoms with Crippen molar-refractivity contribution in [1.29, 1.82) is 0 Å². The molecule has 0 spiro atoms. The van der Waals surface area contributed by atoms with E-state index < -0.39 is 5.97 Å². The fraction of sp³-hybridized carbons (Fsp3) is 0.211. The zero-order chi connectivity index (χ0) is 15.7. The van der Waals surface area contributed by atoms with Gasteiger partial charge in [0, 0.05) is 12.6 Å². The fourth-order valence-corrected chi connectivity index (χ4v) is 2.92. The van der Waals surface area contributed by atoms with E-state index in [0.29, 0.717) is 5.56 Å². The van der Waals surface area contributed by atoms with Gasteiger partial charge in [0.1, 0.15) is 0 Å². The quantitative estimate of drug-likeness (QED) is 0.858. The Balaban J connectivity index is 1.98. The smallest absolute Gasteiger partial charge is 0.335 e. The lowest BCUT2D eigenvalue weighted by molar-refractivity contribution is 0.0696. The molecular weight excluding hydrogens is 274 g/mol. The van der Waals surface area contributed by atoms with Crippen LogP contribution < -0.4 is 4.90 Å². The minimum absolute atomic E-state index is 0.356. The number of nitrogens with zero attached hydrogens (tertiary/aromatic N) is 1. The topological polar surface area (TPSA) is 40.5 Å². The second kappa shape index (κ2) is 5.57. The predicted molar refractivity (Wildman–Crippen MR) is 88.1 cm³/mol. The maximum Gasteiger partial charge on any atom is 0.335 e. The van der Waals surface area contributed by atoms with E-state index in [1.807, 2.05) is 26.0 Å². The molecule has 3 heteroatoms. The van der Waals surface area contributed by atoms with Gasteiger partial charge in [-0.25, -0.2) is 4.79 Å². The maximum absolute atomic E-state index is 11.1. The third-order valence-corrected chi connectivity index (χ3v) is 4.01. The van der Waals surface area contributed by atoms with Gasteiger partial charge in [0.25, 0.3) is 0 Å². The Labute approximate surface area is 130 Å². The minimum Gasteiger partial charge on any atom is -0.478 e. The van der Waals surface area contributed by atoms with Gasteiger partial charge in [0.05, 0.1) is 11.3 Å². The summed E-state index contributed by atoms with van der Waals surface area (Å²) in [4.78, 5) is 13.2. The normalized spacial score (nSPS) is 12.5. The van der Waals surface area contributed by atoms with Crippen LogP contribution in [0.5, 0.6) is 0 Å². The fourth-order valence-electron chi connectivity index (χ4n) is 2.92. The molecule has 0 aliphatic carbocycles. The largest absolute Gasteiger partial charge is 0.478 e. The van der Waals surface area contributed by atoms with Crippen molar-refractivity contribution in [1.82, 2.24) is 0 Å². The summed E-state index contributed by atoms with van der Waals surface area (Å²) in [5.74, 6) is 2.06. The highest BCUT2D eigenvalue weighted by atomic mass is 16.4. The van der Waals surface area contributed by atoms with E-state index in [1.165, 1.54) is 11.3 Å². The summed E-state index contributed by atoms with van der Waals surface area (Å²) in [5.41, 5.74) is 5.77. The number of anilines is 1. The number of hydrogen-bond acceptors (Lipinski definition) is 2. The molecule has 0 saturated carbocycles. The van der Waals surface area contributed by atoms with Gasteiger partial charge in [0.15, 0.2) is 0 Å². The van der Waals surface area contributed by atoms with Crippen molar-refractivity contribution >= 4 is 11.7 Å². The highest BCUT2D eigenvalue weighted by molar-refractivity contribution is 5.90. The molecule has 1 heterocycles. The van der Waals surface area contributed by atoms with E-state index in [2.05, 4.69) is 35.1 Å². The first-order valence-corrected chi connectivity index (χ1v) is 7.27. The average Bonchev–Trinajstić information content (AvgIpc) is 2.89.